The lowest BCUT2D eigenvalue weighted by molar-refractivity contribution is 0.194. The standard InChI is InChI=1S/C21H27FN6/c1-2-27-14-16(18-6-5-17(22)10-19(18)27)13-26-8-3-4-15(12-26)21-25-24-20-11-23-7-9-28(20)21/h5-6,10,14-15,23H,2-4,7-9,11-13H2,1H3/t15-/m0/s1. The van der Waals surface area contributed by atoms with Gasteiger partial charge in [0.2, 0.25) is 0 Å². The van der Waals surface area contributed by atoms with Gasteiger partial charge in [0.25, 0.3) is 0 Å². The number of piperidine rings is 1. The van der Waals surface area contributed by atoms with Crippen LogP contribution in [0.1, 0.15) is 42.9 Å². The molecule has 7 heteroatoms. The van der Waals surface area contributed by atoms with E-state index in [1.165, 1.54) is 18.4 Å². The van der Waals surface area contributed by atoms with E-state index in [2.05, 4.69) is 42.7 Å². The number of nitrogens with one attached hydrogen (secondary N) is 1. The zero-order valence-corrected chi connectivity index (χ0v) is 16.4. The number of hydrogen-bond donors (Lipinski definition) is 1. The predicted octanol–water partition coefficient (Wildman–Crippen LogP) is 2.87. The van der Waals surface area contributed by atoms with E-state index in [4.69, 9.17) is 0 Å². The molecule has 1 N–H and O–H groups in total. The molecule has 6 nitrogen and oxygen atoms in total. The number of aryl methyl sites for hydroxylation is 1. The molecule has 0 saturated carbocycles. The van der Waals surface area contributed by atoms with E-state index >= 15 is 0 Å². The van der Waals surface area contributed by atoms with Crippen LogP contribution in [0.4, 0.5) is 4.39 Å². The summed E-state index contributed by atoms with van der Waals surface area (Å²) in [6, 6.07) is 5.15. The van der Waals surface area contributed by atoms with Crippen molar-refractivity contribution in [3.05, 3.63) is 47.4 Å². The summed E-state index contributed by atoms with van der Waals surface area (Å²) in [5, 5.41) is 13.5. The molecule has 148 valence electrons. The molecule has 1 atom stereocenters. The smallest absolute Gasteiger partial charge is 0.147 e. The molecule has 0 spiro atoms. The molecule has 2 aromatic heterocycles. The highest BCUT2D eigenvalue weighted by molar-refractivity contribution is 5.84. The van der Waals surface area contributed by atoms with E-state index in [-0.39, 0.29) is 5.82 Å². The van der Waals surface area contributed by atoms with Crippen molar-refractivity contribution in [3.63, 3.8) is 0 Å². The van der Waals surface area contributed by atoms with Crippen LogP contribution in [0.15, 0.2) is 24.4 Å². The normalized spacial score (nSPS) is 20.6. The first-order valence-corrected chi connectivity index (χ1v) is 10.3. The van der Waals surface area contributed by atoms with E-state index < -0.39 is 0 Å². The number of likely N-dealkylation sites (tertiary alicyclic amines) is 1. The average molecular weight is 382 g/mol. The fraction of sp³-hybridized carbons (Fsp3) is 0.524. The molecule has 2 aliphatic rings. The van der Waals surface area contributed by atoms with Crippen LogP contribution in [0.25, 0.3) is 10.9 Å². The number of hydrogen-bond acceptors (Lipinski definition) is 4. The summed E-state index contributed by atoms with van der Waals surface area (Å²) in [7, 11) is 0. The van der Waals surface area contributed by atoms with Crippen LogP contribution in [0.3, 0.4) is 0 Å². The molecule has 0 unspecified atom stereocenters. The van der Waals surface area contributed by atoms with Gasteiger partial charge < -0.3 is 14.5 Å². The third kappa shape index (κ3) is 3.12. The lowest BCUT2D eigenvalue weighted by Crippen LogP contribution is -2.36. The molecule has 4 heterocycles. The summed E-state index contributed by atoms with van der Waals surface area (Å²) >= 11 is 0. The van der Waals surface area contributed by atoms with Crippen LogP contribution < -0.4 is 5.32 Å². The summed E-state index contributed by atoms with van der Waals surface area (Å²) in [6.45, 7) is 8.72. The second-order valence-electron chi connectivity index (χ2n) is 7.98. The first kappa shape index (κ1) is 17.8. The Kier molecular flexibility index (Phi) is 4.64. The Bertz CT molecular complexity index is 990. The molecule has 1 aromatic carbocycles. The first-order valence-electron chi connectivity index (χ1n) is 10.3. The van der Waals surface area contributed by atoms with Crippen molar-refractivity contribution in [2.75, 3.05) is 19.6 Å². The Morgan fingerprint density at radius 2 is 2.18 bits per heavy atom. The minimum Gasteiger partial charge on any atom is -0.347 e. The lowest BCUT2D eigenvalue weighted by atomic mass is 9.96. The van der Waals surface area contributed by atoms with Crippen LogP contribution in [0.2, 0.25) is 0 Å². The highest BCUT2D eigenvalue weighted by Crippen LogP contribution is 2.30. The average Bonchev–Trinajstić information content (AvgIpc) is 3.29. The second kappa shape index (κ2) is 7.29. The molecule has 5 rings (SSSR count). The van der Waals surface area contributed by atoms with Gasteiger partial charge in [-0.05, 0) is 50.1 Å². The molecular weight excluding hydrogens is 355 g/mol. The van der Waals surface area contributed by atoms with Gasteiger partial charge in [-0.3, -0.25) is 4.90 Å². The molecule has 0 bridgehead atoms. The van der Waals surface area contributed by atoms with Crippen LogP contribution in [-0.2, 0) is 26.2 Å². The number of aromatic nitrogens is 4. The molecule has 0 amide bonds. The van der Waals surface area contributed by atoms with Crippen molar-refractivity contribution in [3.8, 4) is 0 Å². The van der Waals surface area contributed by atoms with E-state index in [0.717, 1.165) is 68.4 Å². The zero-order valence-electron chi connectivity index (χ0n) is 16.4. The maximum Gasteiger partial charge on any atom is 0.147 e. The Labute approximate surface area is 164 Å². The van der Waals surface area contributed by atoms with Gasteiger partial charge in [-0.1, -0.05) is 0 Å². The summed E-state index contributed by atoms with van der Waals surface area (Å²) in [5.74, 6) is 2.48. The van der Waals surface area contributed by atoms with Crippen molar-refractivity contribution in [1.29, 1.82) is 0 Å². The van der Waals surface area contributed by atoms with E-state index in [0.29, 0.717) is 5.92 Å². The largest absolute Gasteiger partial charge is 0.347 e. The minimum atomic E-state index is -0.170. The third-order valence-electron chi connectivity index (χ3n) is 6.18. The van der Waals surface area contributed by atoms with Crippen molar-refractivity contribution in [2.24, 2.45) is 0 Å². The summed E-state index contributed by atoms with van der Waals surface area (Å²) in [6.07, 6.45) is 4.54. The number of fused-ring (bicyclic) bond motifs is 2. The van der Waals surface area contributed by atoms with Crippen LogP contribution in [0.5, 0.6) is 0 Å². The maximum absolute atomic E-state index is 13.7. The van der Waals surface area contributed by atoms with Gasteiger partial charge in [-0.2, -0.15) is 0 Å². The van der Waals surface area contributed by atoms with Gasteiger partial charge in [0.15, 0.2) is 0 Å². The molecule has 0 aliphatic carbocycles. The zero-order chi connectivity index (χ0) is 19.1. The van der Waals surface area contributed by atoms with Crippen molar-refractivity contribution in [2.45, 2.75) is 51.9 Å². The summed E-state index contributed by atoms with van der Waals surface area (Å²) in [5.41, 5.74) is 2.27. The van der Waals surface area contributed by atoms with Gasteiger partial charge in [0.1, 0.15) is 17.5 Å². The molecule has 2 aliphatic heterocycles. The van der Waals surface area contributed by atoms with Crippen molar-refractivity contribution < 1.29 is 4.39 Å². The van der Waals surface area contributed by atoms with Crippen LogP contribution >= 0.6 is 0 Å². The topological polar surface area (TPSA) is 50.9 Å². The first-order chi connectivity index (χ1) is 13.7. The Morgan fingerprint density at radius 1 is 1.25 bits per heavy atom. The van der Waals surface area contributed by atoms with Gasteiger partial charge >= 0.3 is 0 Å². The third-order valence-corrected chi connectivity index (χ3v) is 6.18. The molecular formula is C21H27FN6. The molecule has 3 aromatic rings. The molecule has 0 radical (unpaired) electrons. The van der Waals surface area contributed by atoms with Crippen LogP contribution in [0, 0.1) is 5.82 Å². The SMILES string of the molecule is CCn1cc(CN2CCC[C@H](c3nnc4n3CCNC4)C2)c2ccc(F)cc21. The van der Waals surface area contributed by atoms with E-state index in [1.807, 2.05) is 6.07 Å². The predicted molar refractivity (Wildman–Crippen MR) is 107 cm³/mol. The number of halogens is 1. The van der Waals surface area contributed by atoms with Gasteiger partial charge in [0.05, 0.1) is 12.1 Å². The van der Waals surface area contributed by atoms with E-state index in [9.17, 15) is 4.39 Å². The Balaban J connectivity index is 1.38. The summed E-state index contributed by atoms with van der Waals surface area (Å²) < 4.78 is 18.2. The van der Waals surface area contributed by atoms with Crippen molar-refractivity contribution in [1.82, 2.24) is 29.5 Å². The quantitative estimate of drug-likeness (QED) is 0.754. The van der Waals surface area contributed by atoms with Gasteiger partial charge in [0, 0.05) is 50.2 Å². The van der Waals surface area contributed by atoms with Gasteiger partial charge in [-0.25, -0.2) is 4.39 Å². The maximum atomic E-state index is 13.7. The number of rotatable bonds is 4. The highest BCUT2D eigenvalue weighted by Gasteiger charge is 2.28. The molecule has 1 saturated heterocycles. The minimum absolute atomic E-state index is 0.170. The molecule has 28 heavy (non-hydrogen) atoms. The van der Waals surface area contributed by atoms with E-state index in [1.54, 1.807) is 12.1 Å². The Hall–Kier alpha value is -2.25. The fourth-order valence-electron chi connectivity index (χ4n) is 4.80. The second-order valence-corrected chi connectivity index (χ2v) is 7.98. The van der Waals surface area contributed by atoms with Gasteiger partial charge in [-0.15, -0.1) is 10.2 Å². The highest BCUT2D eigenvalue weighted by atomic mass is 19.1. The lowest BCUT2D eigenvalue weighted by Gasteiger charge is -2.32. The Morgan fingerprint density at radius 3 is 3.07 bits per heavy atom. The monoisotopic (exact) mass is 382 g/mol. The van der Waals surface area contributed by atoms with Crippen LogP contribution in [-0.4, -0.2) is 43.9 Å². The van der Waals surface area contributed by atoms with Crippen molar-refractivity contribution >= 4 is 10.9 Å². The molecule has 1 fully saturated rings. The number of nitrogens with zero attached hydrogens (tertiary/aromatic N) is 5. The fourth-order valence-corrected chi connectivity index (χ4v) is 4.80. The number of benzene rings is 1. The summed E-state index contributed by atoms with van der Waals surface area (Å²) in [4.78, 5) is 2.52.